The van der Waals surface area contributed by atoms with E-state index in [1.807, 2.05) is 92.1 Å². The zero-order valence-electron chi connectivity index (χ0n) is 21.1. The summed E-state index contributed by atoms with van der Waals surface area (Å²) < 4.78 is 3.70. The standard InChI is InChI=1S/C27H29ClN6O2/c1-16-12-20(14-22-24(16)29-30-33(22)5)34-25(17-6-8-19(28)9-7-17)26-23(27(34)36)18(15-32(26)4)13-21(35)10-11-31(2)3/h6-9,12,14-15,25H,10-11,13H2,1-5H3. The molecule has 9 heteroatoms. The molecule has 2 aromatic heterocycles. The maximum Gasteiger partial charge on any atom is 0.261 e. The Labute approximate surface area is 215 Å². The van der Waals surface area contributed by atoms with E-state index in [4.69, 9.17) is 11.6 Å². The van der Waals surface area contributed by atoms with E-state index < -0.39 is 0 Å². The fraction of sp³-hybridized carbons (Fsp3) is 0.333. The Balaban J connectivity index is 1.64. The summed E-state index contributed by atoms with van der Waals surface area (Å²) in [6.45, 7) is 2.65. The average molecular weight is 505 g/mol. The molecule has 1 aliphatic heterocycles. The van der Waals surface area contributed by atoms with Crippen molar-refractivity contribution in [3.8, 4) is 0 Å². The van der Waals surface area contributed by atoms with Gasteiger partial charge in [0.15, 0.2) is 0 Å². The quantitative estimate of drug-likeness (QED) is 0.379. The highest BCUT2D eigenvalue weighted by Gasteiger charge is 2.43. The van der Waals surface area contributed by atoms with Crippen LogP contribution in [-0.4, -0.2) is 56.8 Å². The molecule has 0 saturated heterocycles. The van der Waals surface area contributed by atoms with Crippen LogP contribution in [0.25, 0.3) is 11.0 Å². The van der Waals surface area contributed by atoms with E-state index in [2.05, 4.69) is 10.3 Å². The normalized spacial score (nSPS) is 15.4. The first-order chi connectivity index (χ1) is 17.2. The van der Waals surface area contributed by atoms with E-state index in [0.29, 0.717) is 23.6 Å². The van der Waals surface area contributed by atoms with Crippen LogP contribution in [-0.2, 0) is 25.3 Å². The minimum atomic E-state index is -0.363. The van der Waals surface area contributed by atoms with Crippen molar-refractivity contribution in [3.05, 3.63) is 75.6 Å². The third-order valence-electron chi connectivity index (χ3n) is 6.84. The maximum absolute atomic E-state index is 14.1. The van der Waals surface area contributed by atoms with Gasteiger partial charge in [-0.3, -0.25) is 14.5 Å². The molecule has 1 atom stereocenters. The summed E-state index contributed by atoms with van der Waals surface area (Å²) in [4.78, 5) is 30.7. The second kappa shape index (κ2) is 9.19. The topological polar surface area (TPSA) is 76.3 Å². The molecule has 1 unspecified atom stereocenters. The molecule has 1 amide bonds. The monoisotopic (exact) mass is 504 g/mol. The summed E-state index contributed by atoms with van der Waals surface area (Å²) in [5.41, 5.74) is 6.55. The lowest BCUT2D eigenvalue weighted by atomic mass is 10.0. The summed E-state index contributed by atoms with van der Waals surface area (Å²) >= 11 is 6.19. The van der Waals surface area contributed by atoms with Crippen LogP contribution in [0.2, 0.25) is 5.02 Å². The van der Waals surface area contributed by atoms with E-state index in [1.165, 1.54) is 0 Å². The number of fused-ring (bicyclic) bond motifs is 2. The number of aryl methyl sites for hydroxylation is 3. The van der Waals surface area contributed by atoms with Crippen molar-refractivity contribution in [1.82, 2.24) is 24.5 Å². The average Bonchev–Trinajstić information content (AvgIpc) is 3.46. The summed E-state index contributed by atoms with van der Waals surface area (Å²) in [6.07, 6.45) is 2.60. The Morgan fingerprint density at radius 2 is 1.86 bits per heavy atom. The molecule has 1 aliphatic rings. The van der Waals surface area contributed by atoms with Crippen molar-refractivity contribution < 1.29 is 9.59 Å². The summed E-state index contributed by atoms with van der Waals surface area (Å²) in [5, 5.41) is 9.05. The number of anilines is 1. The van der Waals surface area contributed by atoms with Gasteiger partial charge in [-0.05, 0) is 62.0 Å². The number of hydrogen-bond donors (Lipinski definition) is 0. The largest absolute Gasteiger partial charge is 0.351 e. The van der Waals surface area contributed by atoms with Crippen molar-refractivity contribution in [2.24, 2.45) is 14.1 Å². The van der Waals surface area contributed by atoms with Crippen LogP contribution >= 0.6 is 11.6 Å². The van der Waals surface area contributed by atoms with Gasteiger partial charge in [-0.25, -0.2) is 4.68 Å². The number of benzene rings is 2. The van der Waals surface area contributed by atoms with Crippen LogP contribution in [0.15, 0.2) is 42.6 Å². The molecule has 2 aromatic carbocycles. The predicted octanol–water partition coefficient (Wildman–Crippen LogP) is 4.08. The van der Waals surface area contributed by atoms with Crippen LogP contribution < -0.4 is 4.90 Å². The number of carbonyl (C=O) groups excluding carboxylic acids is 2. The van der Waals surface area contributed by atoms with Crippen molar-refractivity contribution in [1.29, 1.82) is 0 Å². The molecule has 4 aromatic rings. The van der Waals surface area contributed by atoms with Crippen molar-refractivity contribution in [2.75, 3.05) is 25.5 Å². The molecule has 0 aliphatic carbocycles. The SMILES string of the molecule is Cc1cc(N2C(=O)c3c(CC(=O)CCN(C)C)cn(C)c3C2c2ccc(Cl)cc2)cc2c1nnn2C. The van der Waals surface area contributed by atoms with E-state index in [0.717, 1.165) is 39.1 Å². The molecular formula is C27H29ClN6O2. The highest BCUT2D eigenvalue weighted by Crippen LogP contribution is 2.44. The number of nitrogens with zero attached hydrogens (tertiary/aromatic N) is 6. The lowest BCUT2D eigenvalue weighted by molar-refractivity contribution is -0.118. The molecule has 0 bridgehead atoms. The van der Waals surface area contributed by atoms with Crippen molar-refractivity contribution >= 4 is 40.0 Å². The van der Waals surface area contributed by atoms with E-state index in [-0.39, 0.29) is 24.2 Å². The lowest BCUT2D eigenvalue weighted by Gasteiger charge is -2.27. The van der Waals surface area contributed by atoms with E-state index >= 15 is 0 Å². The second-order valence-corrected chi connectivity index (χ2v) is 10.2. The van der Waals surface area contributed by atoms with Gasteiger partial charge in [-0.15, -0.1) is 5.10 Å². The molecule has 0 spiro atoms. The molecule has 0 N–H and O–H groups in total. The first-order valence-electron chi connectivity index (χ1n) is 11.9. The summed E-state index contributed by atoms with van der Waals surface area (Å²) in [5.74, 6) is -0.000506. The smallest absolute Gasteiger partial charge is 0.261 e. The van der Waals surface area contributed by atoms with E-state index in [1.54, 1.807) is 4.68 Å². The van der Waals surface area contributed by atoms with Crippen LogP contribution in [0, 0.1) is 6.92 Å². The Hall–Kier alpha value is -3.49. The molecular weight excluding hydrogens is 476 g/mol. The van der Waals surface area contributed by atoms with E-state index in [9.17, 15) is 9.59 Å². The third kappa shape index (κ3) is 4.10. The van der Waals surface area contributed by atoms with Crippen LogP contribution in [0.3, 0.4) is 0 Å². The van der Waals surface area contributed by atoms with Crippen LogP contribution in [0.4, 0.5) is 5.69 Å². The minimum absolute atomic E-state index is 0.115. The van der Waals surface area contributed by atoms with Gasteiger partial charge in [0.25, 0.3) is 5.91 Å². The maximum atomic E-state index is 14.1. The minimum Gasteiger partial charge on any atom is -0.351 e. The van der Waals surface area contributed by atoms with Gasteiger partial charge >= 0.3 is 0 Å². The van der Waals surface area contributed by atoms with Crippen molar-refractivity contribution in [2.45, 2.75) is 25.8 Å². The zero-order chi connectivity index (χ0) is 25.7. The summed E-state index contributed by atoms with van der Waals surface area (Å²) in [6, 6.07) is 11.2. The molecule has 186 valence electrons. The first-order valence-corrected chi connectivity index (χ1v) is 12.3. The lowest BCUT2D eigenvalue weighted by Crippen LogP contribution is -2.30. The molecule has 36 heavy (non-hydrogen) atoms. The van der Waals surface area contributed by atoms with Gasteiger partial charge in [-0.2, -0.15) is 0 Å². The van der Waals surface area contributed by atoms with Crippen LogP contribution in [0.5, 0.6) is 0 Å². The molecule has 0 fully saturated rings. The molecule has 0 saturated carbocycles. The highest BCUT2D eigenvalue weighted by molar-refractivity contribution is 6.30. The first kappa shape index (κ1) is 24.2. The fourth-order valence-corrected chi connectivity index (χ4v) is 5.19. The summed E-state index contributed by atoms with van der Waals surface area (Å²) in [7, 11) is 7.67. The third-order valence-corrected chi connectivity index (χ3v) is 7.09. The number of ketones is 1. The van der Waals surface area contributed by atoms with Gasteiger partial charge in [0, 0.05) is 50.4 Å². The number of hydrogen-bond acceptors (Lipinski definition) is 5. The highest BCUT2D eigenvalue weighted by atomic mass is 35.5. The predicted molar refractivity (Wildman–Crippen MR) is 141 cm³/mol. The number of aromatic nitrogens is 4. The van der Waals surface area contributed by atoms with Gasteiger partial charge in [0.1, 0.15) is 17.3 Å². The number of amides is 1. The molecule has 5 rings (SSSR count). The van der Waals surface area contributed by atoms with Gasteiger partial charge in [0.05, 0.1) is 16.8 Å². The Morgan fingerprint density at radius 1 is 1.14 bits per heavy atom. The number of rotatable bonds is 7. The number of carbonyl (C=O) groups is 2. The van der Waals surface area contributed by atoms with Crippen LogP contribution in [0.1, 0.15) is 45.2 Å². The van der Waals surface area contributed by atoms with Crippen molar-refractivity contribution in [3.63, 3.8) is 0 Å². The van der Waals surface area contributed by atoms with Gasteiger partial charge in [-0.1, -0.05) is 28.9 Å². The molecule has 3 heterocycles. The second-order valence-electron chi connectivity index (χ2n) is 9.77. The Bertz CT molecular complexity index is 1480. The fourth-order valence-electron chi connectivity index (χ4n) is 5.06. The Morgan fingerprint density at radius 3 is 2.56 bits per heavy atom. The molecule has 0 radical (unpaired) electrons. The number of Topliss-reactive ketones (excluding diaryl/α,β-unsaturated/α-hetero) is 1. The number of halogens is 1. The van der Waals surface area contributed by atoms with Gasteiger partial charge < -0.3 is 9.47 Å². The zero-order valence-corrected chi connectivity index (χ0v) is 21.9. The molecule has 8 nitrogen and oxygen atoms in total. The van der Waals surface area contributed by atoms with Gasteiger partial charge in [0.2, 0.25) is 0 Å². The Kier molecular flexibility index (Phi) is 6.18.